The lowest BCUT2D eigenvalue weighted by Gasteiger charge is -2.36. The van der Waals surface area contributed by atoms with Crippen molar-refractivity contribution in [2.75, 3.05) is 11.9 Å². The van der Waals surface area contributed by atoms with Crippen LogP contribution in [0.1, 0.15) is 97.2 Å². The van der Waals surface area contributed by atoms with Gasteiger partial charge in [-0.2, -0.15) is 0 Å². The van der Waals surface area contributed by atoms with E-state index in [1.54, 1.807) is 25.7 Å². The largest absolute Gasteiger partial charge is 0.444 e. The van der Waals surface area contributed by atoms with Gasteiger partial charge in [0.2, 0.25) is 5.91 Å². The molecule has 7 heteroatoms. The van der Waals surface area contributed by atoms with Crippen molar-refractivity contribution in [3.63, 3.8) is 0 Å². The highest BCUT2D eigenvalue weighted by Crippen LogP contribution is 2.28. The van der Waals surface area contributed by atoms with Crippen LogP contribution in [0.15, 0.2) is 66.7 Å². The van der Waals surface area contributed by atoms with Crippen molar-refractivity contribution in [1.29, 1.82) is 0 Å². The second-order valence-corrected chi connectivity index (χ2v) is 12.8. The molecule has 3 amide bonds. The molecule has 3 rings (SSSR count). The number of ether oxygens (including phenoxy) is 1. The van der Waals surface area contributed by atoms with Crippen molar-refractivity contribution in [2.24, 2.45) is 5.92 Å². The number of hydrogen-bond acceptors (Lipinski definition) is 4. The molecule has 3 unspecified atom stereocenters. The fourth-order valence-electron chi connectivity index (χ4n) is 5.34. The average molecular weight is 602 g/mol. The first kappa shape index (κ1) is 34.6. The molecule has 0 saturated carbocycles. The summed E-state index contributed by atoms with van der Waals surface area (Å²) in [4.78, 5) is 43.5. The van der Waals surface area contributed by atoms with Crippen LogP contribution in [-0.4, -0.2) is 41.0 Å². The maximum Gasteiger partial charge on any atom is 0.408 e. The van der Waals surface area contributed by atoms with Gasteiger partial charge in [0.05, 0.1) is 0 Å². The molecule has 0 aliphatic heterocycles. The van der Waals surface area contributed by atoms with Gasteiger partial charge < -0.3 is 20.3 Å². The minimum absolute atomic E-state index is 0.181. The number of fused-ring (bicyclic) bond motifs is 1. The van der Waals surface area contributed by atoms with E-state index in [0.29, 0.717) is 18.7 Å². The normalized spacial score (nSPS) is 13.5. The van der Waals surface area contributed by atoms with Gasteiger partial charge in [-0.15, -0.1) is 0 Å². The molecular weight excluding hydrogens is 550 g/mol. The molecule has 0 saturated heterocycles. The summed E-state index contributed by atoms with van der Waals surface area (Å²) in [6, 6.07) is 19.8. The predicted octanol–water partition coefficient (Wildman–Crippen LogP) is 8.57. The van der Waals surface area contributed by atoms with Gasteiger partial charge in [-0.25, -0.2) is 4.79 Å². The number of carbonyl (C=O) groups excluding carboxylic acids is 3. The minimum atomic E-state index is -0.896. The molecule has 238 valence electrons. The number of carbonyl (C=O) groups is 3. The van der Waals surface area contributed by atoms with Gasteiger partial charge in [0.1, 0.15) is 17.7 Å². The fraction of sp³-hybridized carbons (Fsp3) is 0.486. The number of anilines is 1. The monoisotopic (exact) mass is 601 g/mol. The van der Waals surface area contributed by atoms with Gasteiger partial charge in [0.15, 0.2) is 0 Å². The SMILES string of the molecule is CCCCCCCN(C(=O)C(NC(=O)OC(C)(C)C)C(C)CC)C(C(=O)Nc1ccc2ccccc2c1)c1cccc(C)c1. The summed E-state index contributed by atoms with van der Waals surface area (Å²) in [5.41, 5.74) is 1.67. The molecule has 0 heterocycles. The number of alkyl carbamates (subject to hydrolysis) is 1. The second-order valence-electron chi connectivity index (χ2n) is 12.8. The quantitative estimate of drug-likeness (QED) is 0.181. The smallest absolute Gasteiger partial charge is 0.408 e. The Morgan fingerprint density at radius 3 is 2.23 bits per heavy atom. The van der Waals surface area contributed by atoms with Crippen LogP contribution in [0.25, 0.3) is 10.8 Å². The maximum atomic E-state index is 14.6. The zero-order valence-corrected chi connectivity index (χ0v) is 27.6. The molecule has 3 aromatic carbocycles. The molecule has 0 aliphatic carbocycles. The molecule has 44 heavy (non-hydrogen) atoms. The van der Waals surface area contributed by atoms with Crippen molar-refractivity contribution in [3.05, 3.63) is 77.9 Å². The van der Waals surface area contributed by atoms with Crippen molar-refractivity contribution >= 4 is 34.4 Å². The number of hydrogen-bond donors (Lipinski definition) is 2. The molecule has 7 nitrogen and oxygen atoms in total. The fourth-order valence-corrected chi connectivity index (χ4v) is 5.34. The van der Waals surface area contributed by atoms with Crippen LogP contribution in [-0.2, 0) is 14.3 Å². The van der Waals surface area contributed by atoms with Crippen LogP contribution in [0.2, 0.25) is 0 Å². The number of rotatable bonds is 14. The molecule has 0 spiro atoms. The topological polar surface area (TPSA) is 87.7 Å². The van der Waals surface area contributed by atoms with E-state index in [-0.39, 0.29) is 17.7 Å². The first-order chi connectivity index (χ1) is 20.9. The van der Waals surface area contributed by atoms with Crippen molar-refractivity contribution in [2.45, 2.75) is 105 Å². The van der Waals surface area contributed by atoms with Crippen molar-refractivity contribution in [1.82, 2.24) is 10.2 Å². The van der Waals surface area contributed by atoms with E-state index >= 15 is 0 Å². The summed E-state index contributed by atoms with van der Waals surface area (Å²) < 4.78 is 5.54. The van der Waals surface area contributed by atoms with Gasteiger partial charge in [0, 0.05) is 12.2 Å². The summed E-state index contributed by atoms with van der Waals surface area (Å²) >= 11 is 0. The lowest BCUT2D eigenvalue weighted by molar-refractivity contribution is -0.142. The molecule has 0 radical (unpaired) electrons. The third-order valence-electron chi connectivity index (χ3n) is 7.87. The predicted molar refractivity (Wildman–Crippen MR) is 180 cm³/mol. The van der Waals surface area contributed by atoms with Crippen molar-refractivity contribution in [3.8, 4) is 0 Å². The van der Waals surface area contributed by atoms with E-state index in [4.69, 9.17) is 4.74 Å². The third kappa shape index (κ3) is 10.1. The standard InChI is InChI=1S/C37H51N3O4/c1-8-10-11-12-15-23-40(35(42)32(27(4)9-2)39-36(43)44-37(5,6)7)33(30-20-16-17-26(3)24-30)34(41)38-31-22-21-28-18-13-14-19-29(28)25-31/h13-14,16-22,24-25,27,32-33H,8-12,15,23H2,1-7H3,(H,38,41)(H,39,43). The van der Waals surface area contributed by atoms with Crippen LogP contribution < -0.4 is 10.6 Å². The third-order valence-corrected chi connectivity index (χ3v) is 7.87. The van der Waals surface area contributed by atoms with E-state index in [2.05, 4.69) is 17.6 Å². The van der Waals surface area contributed by atoms with E-state index < -0.39 is 23.8 Å². The molecule has 3 aromatic rings. The number of benzene rings is 3. The lowest BCUT2D eigenvalue weighted by atomic mass is 9.95. The Hall–Kier alpha value is -3.87. The Kier molecular flexibility index (Phi) is 12.8. The zero-order valence-electron chi connectivity index (χ0n) is 27.6. The van der Waals surface area contributed by atoms with E-state index in [0.717, 1.165) is 54.0 Å². The number of nitrogens with one attached hydrogen (secondary N) is 2. The zero-order chi connectivity index (χ0) is 32.3. The number of unbranched alkanes of at least 4 members (excludes halogenated alkanes) is 4. The Morgan fingerprint density at radius 2 is 1.57 bits per heavy atom. The Balaban J connectivity index is 2.04. The second kappa shape index (κ2) is 16.3. The molecular formula is C37H51N3O4. The summed E-state index contributed by atoms with van der Waals surface area (Å²) in [7, 11) is 0. The highest BCUT2D eigenvalue weighted by Gasteiger charge is 2.38. The first-order valence-corrected chi connectivity index (χ1v) is 16.1. The highest BCUT2D eigenvalue weighted by molar-refractivity contribution is 6.00. The van der Waals surface area contributed by atoms with E-state index in [1.165, 1.54) is 0 Å². The van der Waals surface area contributed by atoms with Gasteiger partial charge in [-0.3, -0.25) is 9.59 Å². The van der Waals surface area contributed by atoms with E-state index in [1.807, 2.05) is 87.5 Å². The van der Waals surface area contributed by atoms with Crippen LogP contribution in [0.5, 0.6) is 0 Å². The van der Waals surface area contributed by atoms with Crippen LogP contribution in [0.3, 0.4) is 0 Å². The molecule has 0 aliphatic rings. The van der Waals surface area contributed by atoms with Gasteiger partial charge >= 0.3 is 6.09 Å². The van der Waals surface area contributed by atoms with Crippen LogP contribution in [0, 0.1) is 12.8 Å². The molecule has 0 bridgehead atoms. The van der Waals surface area contributed by atoms with Crippen LogP contribution >= 0.6 is 0 Å². The Bertz CT molecular complexity index is 1400. The van der Waals surface area contributed by atoms with Gasteiger partial charge in [-0.1, -0.05) is 113 Å². The number of amides is 3. The lowest BCUT2D eigenvalue weighted by Crippen LogP contribution is -2.55. The molecule has 0 fully saturated rings. The van der Waals surface area contributed by atoms with Gasteiger partial charge in [0.25, 0.3) is 5.91 Å². The number of nitrogens with zero attached hydrogens (tertiary/aromatic N) is 1. The summed E-state index contributed by atoms with van der Waals surface area (Å²) in [6.45, 7) is 13.8. The van der Waals surface area contributed by atoms with Gasteiger partial charge in [-0.05, 0) is 68.5 Å². The Labute approximate surface area is 263 Å². The highest BCUT2D eigenvalue weighted by atomic mass is 16.6. The summed E-state index contributed by atoms with van der Waals surface area (Å²) in [5.74, 6) is -0.770. The molecule has 0 aromatic heterocycles. The molecule has 3 atom stereocenters. The molecule has 2 N–H and O–H groups in total. The van der Waals surface area contributed by atoms with Crippen molar-refractivity contribution < 1.29 is 19.1 Å². The average Bonchev–Trinajstić information content (AvgIpc) is 2.97. The Morgan fingerprint density at radius 1 is 0.864 bits per heavy atom. The maximum absolute atomic E-state index is 14.6. The first-order valence-electron chi connectivity index (χ1n) is 16.1. The van der Waals surface area contributed by atoms with Crippen LogP contribution in [0.4, 0.5) is 10.5 Å². The summed E-state index contributed by atoms with van der Waals surface area (Å²) in [6.07, 6.45) is 4.99. The minimum Gasteiger partial charge on any atom is -0.444 e. The van der Waals surface area contributed by atoms with E-state index in [9.17, 15) is 14.4 Å². The number of aryl methyl sites for hydroxylation is 1. The summed E-state index contributed by atoms with van der Waals surface area (Å²) in [5, 5.41) is 8.06.